The Morgan fingerprint density at radius 2 is 1.18 bits per heavy atom. The van der Waals surface area contributed by atoms with E-state index in [9.17, 15) is 0 Å². The summed E-state index contributed by atoms with van der Waals surface area (Å²) in [7, 11) is 0. The van der Waals surface area contributed by atoms with Gasteiger partial charge >= 0.3 is 0 Å². The van der Waals surface area contributed by atoms with E-state index in [0.717, 1.165) is 0 Å². The van der Waals surface area contributed by atoms with Gasteiger partial charge < -0.3 is 0 Å². The van der Waals surface area contributed by atoms with Crippen molar-refractivity contribution in [2.24, 2.45) is 0 Å². The molecule has 4 aliphatic rings. The van der Waals surface area contributed by atoms with Gasteiger partial charge in [-0.2, -0.15) is 0 Å². The van der Waals surface area contributed by atoms with Gasteiger partial charge in [-0.3, -0.25) is 0 Å². The summed E-state index contributed by atoms with van der Waals surface area (Å²) in [6, 6.07) is 13.4. The average Bonchev–Trinajstić information content (AvgIpc) is 3.41. The number of hydrogen-bond acceptors (Lipinski definition) is 8. The molecule has 0 bridgehead atoms. The van der Waals surface area contributed by atoms with Gasteiger partial charge in [0.05, 0.1) is 21.8 Å². The monoisotopic (exact) mass is 508 g/mol. The molecule has 0 unspecified atom stereocenters. The van der Waals surface area contributed by atoms with E-state index >= 15 is 0 Å². The number of thioether (sulfide) groups is 4. The summed E-state index contributed by atoms with van der Waals surface area (Å²) in [5.41, 5.74) is 0. The van der Waals surface area contributed by atoms with Gasteiger partial charge in [0.15, 0.2) is 0 Å². The number of fused-ring (bicyclic) bond motifs is 2. The van der Waals surface area contributed by atoms with Crippen LogP contribution in [-0.4, -0.2) is 12.5 Å². The third-order valence-corrected chi connectivity index (χ3v) is 16.1. The van der Waals surface area contributed by atoms with Crippen molar-refractivity contribution in [1.29, 1.82) is 0 Å². The zero-order valence-corrected chi connectivity index (χ0v) is 21.3. The third kappa shape index (κ3) is 2.80. The van der Waals surface area contributed by atoms with Gasteiger partial charge in [-0.15, -0.1) is 68.9 Å². The summed E-state index contributed by atoms with van der Waals surface area (Å²) >= 11 is 15.6. The second kappa shape index (κ2) is 7.27. The number of hydrogen-bond donors (Lipinski definition) is 0. The van der Waals surface area contributed by atoms with E-state index in [1.807, 2.05) is 92.4 Å². The molecule has 3 heterocycles. The van der Waals surface area contributed by atoms with Crippen LogP contribution >= 0.6 is 92.4 Å². The Kier molecular flexibility index (Phi) is 4.85. The summed E-state index contributed by atoms with van der Waals surface area (Å²) in [5, 5.41) is 5.62. The Morgan fingerprint density at radius 1 is 0.643 bits per heavy atom. The molecule has 0 saturated heterocycles. The molecule has 2 aromatic carbocycles. The first-order valence-corrected chi connectivity index (χ1v) is 15.8. The molecule has 0 radical (unpaired) electrons. The Bertz CT molecular complexity index is 1480. The van der Waals surface area contributed by atoms with Crippen molar-refractivity contribution in [1.82, 2.24) is 0 Å². The molecule has 0 amide bonds. The van der Waals surface area contributed by atoms with Crippen LogP contribution in [-0.2, 0) is 0 Å². The van der Waals surface area contributed by atoms with Gasteiger partial charge in [-0.05, 0) is 23.3 Å². The molecule has 8 heteroatoms. The predicted octanol–water partition coefficient (Wildman–Crippen LogP) is 8.37. The van der Waals surface area contributed by atoms with E-state index in [2.05, 4.69) is 48.9 Å². The fourth-order valence-electron chi connectivity index (χ4n) is 3.44. The molecule has 3 aliphatic heterocycles. The Balaban J connectivity index is 1.64. The molecule has 28 heavy (non-hydrogen) atoms. The van der Waals surface area contributed by atoms with E-state index in [-0.39, 0.29) is 0 Å². The lowest BCUT2D eigenvalue weighted by atomic mass is 10.1. The van der Waals surface area contributed by atoms with Crippen LogP contribution in [0.2, 0.25) is 0 Å². The molecule has 0 atom stereocenters. The first kappa shape index (κ1) is 18.7. The normalized spacial score (nSPS) is 15.3. The van der Waals surface area contributed by atoms with Gasteiger partial charge in [0.25, 0.3) is 0 Å². The zero-order valence-electron chi connectivity index (χ0n) is 14.7. The molecule has 1 aliphatic carbocycles. The number of rotatable bonds is 2. The van der Waals surface area contributed by atoms with Crippen LogP contribution in [0.15, 0.2) is 44.9 Å². The molecule has 0 nitrogen and oxygen atoms in total. The molecule has 0 N–H and O–H groups in total. The molecule has 0 saturated carbocycles. The maximum absolute atomic E-state index is 2.29. The van der Waals surface area contributed by atoms with Gasteiger partial charge in [-0.1, -0.05) is 59.9 Å². The lowest BCUT2D eigenvalue weighted by molar-refractivity contribution is 1.84. The average molecular weight is 509 g/mol. The van der Waals surface area contributed by atoms with Crippen molar-refractivity contribution in [3.8, 4) is 0 Å². The second-order valence-corrected chi connectivity index (χ2v) is 15.4. The Labute approximate surface area is 194 Å². The minimum Gasteiger partial charge on any atom is -0.121 e. The second-order valence-electron chi connectivity index (χ2n) is 6.11. The lowest BCUT2D eigenvalue weighted by Crippen LogP contribution is -1.86. The van der Waals surface area contributed by atoms with Crippen LogP contribution in [0.25, 0.3) is 25.8 Å². The van der Waals surface area contributed by atoms with Gasteiger partial charge in [0, 0.05) is 10.8 Å². The summed E-state index contributed by atoms with van der Waals surface area (Å²) in [4.78, 5) is 0. The van der Waals surface area contributed by atoms with Crippen molar-refractivity contribution in [2.45, 2.75) is 0 Å². The highest BCUT2D eigenvalue weighted by Gasteiger charge is 2.21. The Hall–Kier alpha value is -0.0600. The van der Waals surface area contributed by atoms with Crippen LogP contribution in [0.4, 0.5) is 0 Å². The summed E-state index contributed by atoms with van der Waals surface area (Å²) in [6.45, 7) is 0. The van der Waals surface area contributed by atoms with E-state index < -0.39 is 0 Å². The maximum Gasteiger partial charge on any atom is 0.109 e. The van der Waals surface area contributed by atoms with Crippen molar-refractivity contribution in [2.75, 3.05) is 12.5 Å². The highest BCUT2D eigenvalue weighted by atomic mass is 32.3. The van der Waals surface area contributed by atoms with E-state index in [4.69, 9.17) is 0 Å². The fourth-order valence-corrected chi connectivity index (χ4v) is 14.8. The van der Waals surface area contributed by atoms with Gasteiger partial charge in [-0.25, -0.2) is 0 Å². The van der Waals surface area contributed by atoms with Crippen LogP contribution in [0.5, 0.6) is 0 Å². The predicted molar refractivity (Wildman–Crippen MR) is 140 cm³/mol. The van der Waals surface area contributed by atoms with Gasteiger partial charge in [0.2, 0.25) is 0 Å². The van der Waals surface area contributed by atoms with E-state index in [1.54, 1.807) is 0 Å². The molecular weight excluding hydrogens is 497 g/mol. The van der Waals surface area contributed by atoms with Crippen molar-refractivity contribution < 1.29 is 0 Å². The topological polar surface area (TPSA) is 0 Å². The number of benzene rings is 2. The molecular formula is C20H12S8. The standard InChI is InChI=1S/C20H12S8/c1-21-15-16(22-2)26-19(25-15)20-27-17-18(28-20)24-14-11-8-4-6-9-5-3-7-10(12(9)11)13(14)23-17/h3-8H,1-2H3. The highest BCUT2D eigenvalue weighted by Crippen LogP contribution is 2.57. The first-order chi connectivity index (χ1) is 13.8. The zero-order chi connectivity index (χ0) is 18.8. The third-order valence-electron chi connectivity index (χ3n) is 4.60. The molecule has 0 spiro atoms. The van der Waals surface area contributed by atoms with E-state index in [0.29, 0.717) is 0 Å². The largest absolute Gasteiger partial charge is 0.121 e. The minimum atomic E-state index is 1.35. The van der Waals surface area contributed by atoms with Crippen LogP contribution < -0.4 is 3.85 Å². The highest BCUT2D eigenvalue weighted by molar-refractivity contribution is 8.45. The van der Waals surface area contributed by atoms with Crippen molar-refractivity contribution >= 4 is 118 Å². The molecule has 140 valence electrons. The smallest absolute Gasteiger partial charge is 0.109 e. The summed E-state index contributed by atoms with van der Waals surface area (Å²) < 4.78 is 11.7. The van der Waals surface area contributed by atoms with Gasteiger partial charge in [0.1, 0.15) is 11.5 Å². The molecule has 2 aromatic rings. The van der Waals surface area contributed by atoms with Crippen molar-refractivity contribution in [3.05, 3.63) is 65.5 Å². The first-order valence-electron chi connectivity index (χ1n) is 8.41. The van der Waals surface area contributed by atoms with Crippen LogP contribution in [0.1, 0.15) is 0 Å². The summed E-state index contributed by atoms with van der Waals surface area (Å²) in [6.07, 6.45) is 4.37. The SMILES string of the molecule is CSC1=C(SC)SC(=c2sc3sc4c5cccc6cccc(c=4sc=3s2)c65)S1. The van der Waals surface area contributed by atoms with Crippen LogP contribution in [0.3, 0.4) is 0 Å². The Morgan fingerprint density at radius 3 is 1.68 bits per heavy atom. The molecule has 0 aromatic heterocycles. The maximum atomic E-state index is 2.29. The molecule has 0 fully saturated rings. The molecule has 6 rings (SSSR count). The summed E-state index contributed by atoms with van der Waals surface area (Å²) in [5.74, 6) is 0. The van der Waals surface area contributed by atoms with E-state index in [1.165, 1.54) is 54.9 Å². The minimum absolute atomic E-state index is 1.35. The lowest BCUT2D eigenvalue weighted by Gasteiger charge is -1.96. The quantitative estimate of drug-likeness (QED) is 0.235. The fraction of sp³-hybridized carbons (Fsp3) is 0.100. The van der Waals surface area contributed by atoms with Crippen LogP contribution in [0, 0.1) is 16.8 Å². The van der Waals surface area contributed by atoms with Crippen molar-refractivity contribution in [3.63, 3.8) is 0 Å².